The van der Waals surface area contributed by atoms with Gasteiger partial charge in [0.15, 0.2) is 0 Å². The van der Waals surface area contributed by atoms with Crippen molar-refractivity contribution >= 4 is 23.2 Å². The van der Waals surface area contributed by atoms with E-state index >= 15 is 0 Å². The molecule has 92 valence electrons. The highest BCUT2D eigenvalue weighted by Crippen LogP contribution is 2.37. The molecule has 0 aromatic heterocycles. The van der Waals surface area contributed by atoms with Crippen molar-refractivity contribution in [1.82, 2.24) is 0 Å². The number of nitrogens with zero attached hydrogens (tertiary/aromatic N) is 1. The Bertz CT molecular complexity index is 467. The Balaban J connectivity index is 2.44. The summed E-state index contributed by atoms with van der Waals surface area (Å²) in [6.45, 7) is 1.37. The summed E-state index contributed by atoms with van der Waals surface area (Å²) in [5.74, 6) is -5.15. The standard InChI is InChI=1S/C11H10ClF2NO2/c1-6-9(16)11(13,14)10(17)15(6)8-4-2-3-7(12)5-8/h2-6,9,16H,1H3/t6-,9-/m0/s1. The molecule has 6 heteroatoms. The average molecular weight is 262 g/mol. The van der Waals surface area contributed by atoms with Gasteiger partial charge in [0.2, 0.25) is 0 Å². The quantitative estimate of drug-likeness (QED) is 0.841. The first-order valence-electron chi connectivity index (χ1n) is 5.01. The van der Waals surface area contributed by atoms with Crippen LogP contribution < -0.4 is 4.90 Å². The largest absolute Gasteiger partial charge is 0.384 e. The fraction of sp³-hybridized carbons (Fsp3) is 0.364. The maximum Gasteiger partial charge on any atom is 0.352 e. The molecule has 1 fully saturated rings. The number of aliphatic hydroxyl groups excluding tert-OH is 1. The van der Waals surface area contributed by atoms with Gasteiger partial charge in [-0.3, -0.25) is 4.79 Å². The van der Waals surface area contributed by atoms with Crippen molar-refractivity contribution in [3.8, 4) is 0 Å². The van der Waals surface area contributed by atoms with Gasteiger partial charge in [0.05, 0.1) is 6.04 Å². The molecule has 1 aliphatic rings. The summed E-state index contributed by atoms with van der Waals surface area (Å²) in [5.41, 5.74) is 0.256. The van der Waals surface area contributed by atoms with E-state index in [1.165, 1.54) is 19.1 Å². The first-order valence-corrected chi connectivity index (χ1v) is 5.38. The van der Waals surface area contributed by atoms with Crippen molar-refractivity contribution in [2.75, 3.05) is 4.90 Å². The van der Waals surface area contributed by atoms with Crippen LogP contribution in [0.3, 0.4) is 0 Å². The van der Waals surface area contributed by atoms with Gasteiger partial charge in [0.25, 0.3) is 0 Å². The Kier molecular flexibility index (Phi) is 2.83. The van der Waals surface area contributed by atoms with E-state index in [1.807, 2.05) is 0 Å². The first-order chi connectivity index (χ1) is 7.85. The van der Waals surface area contributed by atoms with E-state index < -0.39 is 24.0 Å². The molecule has 0 spiro atoms. The highest BCUT2D eigenvalue weighted by atomic mass is 35.5. The monoisotopic (exact) mass is 261 g/mol. The Morgan fingerprint density at radius 2 is 2.12 bits per heavy atom. The summed E-state index contributed by atoms with van der Waals surface area (Å²) in [5, 5.41) is 9.69. The van der Waals surface area contributed by atoms with Crippen LogP contribution in [0.25, 0.3) is 0 Å². The van der Waals surface area contributed by atoms with Crippen LogP contribution in [0.15, 0.2) is 24.3 Å². The smallest absolute Gasteiger partial charge is 0.352 e. The lowest BCUT2D eigenvalue weighted by atomic mass is 10.1. The molecule has 1 aromatic rings. The second kappa shape index (κ2) is 3.92. The lowest BCUT2D eigenvalue weighted by Crippen LogP contribution is -2.37. The van der Waals surface area contributed by atoms with Crippen molar-refractivity contribution in [2.45, 2.75) is 25.0 Å². The molecule has 3 nitrogen and oxygen atoms in total. The van der Waals surface area contributed by atoms with Crippen LogP contribution in [-0.4, -0.2) is 29.1 Å². The van der Waals surface area contributed by atoms with Gasteiger partial charge in [0, 0.05) is 10.7 Å². The minimum absolute atomic E-state index is 0.256. The van der Waals surface area contributed by atoms with E-state index in [1.54, 1.807) is 12.1 Å². The van der Waals surface area contributed by atoms with Gasteiger partial charge in [-0.05, 0) is 25.1 Å². The molecule has 0 unspecified atom stereocenters. The van der Waals surface area contributed by atoms with E-state index in [4.69, 9.17) is 11.6 Å². The van der Waals surface area contributed by atoms with Gasteiger partial charge in [-0.1, -0.05) is 17.7 Å². The third kappa shape index (κ3) is 1.79. The molecule has 0 saturated carbocycles. The number of amides is 1. The van der Waals surface area contributed by atoms with E-state index in [2.05, 4.69) is 0 Å². The van der Waals surface area contributed by atoms with Gasteiger partial charge >= 0.3 is 11.8 Å². The van der Waals surface area contributed by atoms with E-state index in [0.717, 1.165) is 4.90 Å². The Morgan fingerprint density at radius 3 is 2.59 bits per heavy atom. The fourth-order valence-electron chi connectivity index (χ4n) is 1.89. The predicted molar refractivity (Wildman–Crippen MR) is 59.4 cm³/mol. The third-order valence-electron chi connectivity index (χ3n) is 2.83. The number of benzene rings is 1. The Morgan fingerprint density at radius 1 is 1.47 bits per heavy atom. The van der Waals surface area contributed by atoms with Crippen LogP contribution in [0.1, 0.15) is 6.92 Å². The molecule has 1 heterocycles. The maximum atomic E-state index is 13.3. The number of hydrogen-bond acceptors (Lipinski definition) is 2. The summed E-state index contributed by atoms with van der Waals surface area (Å²) in [4.78, 5) is 12.4. The summed E-state index contributed by atoms with van der Waals surface area (Å²) in [6.07, 6.45) is -2.01. The summed E-state index contributed by atoms with van der Waals surface area (Å²) in [6, 6.07) is 5.04. The first kappa shape index (κ1) is 12.3. The summed E-state index contributed by atoms with van der Waals surface area (Å²) >= 11 is 5.74. The highest BCUT2D eigenvalue weighted by Gasteiger charge is 2.60. The molecule has 0 bridgehead atoms. The zero-order valence-corrected chi connectivity index (χ0v) is 9.66. The SMILES string of the molecule is C[C@H]1[C@H](O)C(F)(F)C(=O)N1c1cccc(Cl)c1. The normalized spacial score (nSPS) is 27.6. The van der Waals surface area contributed by atoms with Crippen molar-refractivity contribution in [3.05, 3.63) is 29.3 Å². The molecule has 0 radical (unpaired) electrons. The molecular weight excluding hydrogens is 252 g/mol. The van der Waals surface area contributed by atoms with Gasteiger partial charge in [0.1, 0.15) is 6.10 Å². The number of halogens is 3. The van der Waals surface area contributed by atoms with Crippen molar-refractivity contribution in [2.24, 2.45) is 0 Å². The topological polar surface area (TPSA) is 40.5 Å². The maximum absolute atomic E-state index is 13.3. The summed E-state index contributed by atoms with van der Waals surface area (Å²) in [7, 11) is 0. The number of hydrogen-bond donors (Lipinski definition) is 1. The van der Waals surface area contributed by atoms with Crippen LogP contribution in [-0.2, 0) is 4.79 Å². The molecule has 1 aromatic carbocycles. The number of alkyl halides is 2. The zero-order chi connectivity index (χ0) is 12.8. The minimum Gasteiger partial charge on any atom is -0.384 e. The molecule has 1 N–H and O–H groups in total. The van der Waals surface area contributed by atoms with Crippen LogP contribution >= 0.6 is 11.6 Å². The van der Waals surface area contributed by atoms with Crippen LogP contribution in [0.2, 0.25) is 5.02 Å². The number of anilines is 1. The van der Waals surface area contributed by atoms with Crippen molar-refractivity contribution in [1.29, 1.82) is 0 Å². The summed E-state index contributed by atoms with van der Waals surface area (Å²) < 4.78 is 26.7. The minimum atomic E-state index is -3.75. The molecule has 2 rings (SSSR count). The van der Waals surface area contributed by atoms with E-state index in [9.17, 15) is 18.7 Å². The van der Waals surface area contributed by atoms with Crippen molar-refractivity contribution < 1.29 is 18.7 Å². The number of aliphatic hydroxyl groups is 1. The highest BCUT2D eigenvalue weighted by molar-refractivity contribution is 6.31. The van der Waals surface area contributed by atoms with Crippen LogP contribution in [0.4, 0.5) is 14.5 Å². The van der Waals surface area contributed by atoms with Crippen LogP contribution in [0.5, 0.6) is 0 Å². The molecule has 1 aliphatic heterocycles. The number of carbonyl (C=O) groups excluding carboxylic acids is 1. The van der Waals surface area contributed by atoms with E-state index in [0.29, 0.717) is 5.02 Å². The number of rotatable bonds is 1. The average Bonchev–Trinajstić information content (AvgIpc) is 2.41. The van der Waals surface area contributed by atoms with Crippen LogP contribution in [0, 0.1) is 0 Å². The Hall–Kier alpha value is -1.20. The van der Waals surface area contributed by atoms with Gasteiger partial charge in [-0.25, -0.2) is 0 Å². The molecular formula is C11H10ClF2NO2. The van der Waals surface area contributed by atoms with Crippen molar-refractivity contribution in [3.63, 3.8) is 0 Å². The molecule has 17 heavy (non-hydrogen) atoms. The lowest BCUT2D eigenvalue weighted by Gasteiger charge is -2.21. The molecule has 0 aliphatic carbocycles. The second-order valence-corrected chi connectivity index (χ2v) is 4.40. The van der Waals surface area contributed by atoms with Gasteiger partial charge < -0.3 is 10.0 Å². The Labute approximate surface area is 102 Å². The van der Waals surface area contributed by atoms with Gasteiger partial charge in [-0.15, -0.1) is 0 Å². The third-order valence-corrected chi connectivity index (χ3v) is 3.06. The molecule has 1 amide bonds. The lowest BCUT2D eigenvalue weighted by molar-refractivity contribution is -0.149. The second-order valence-electron chi connectivity index (χ2n) is 3.96. The fourth-order valence-corrected chi connectivity index (χ4v) is 2.08. The predicted octanol–water partition coefficient (Wildman–Crippen LogP) is 2.07. The van der Waals surface area contributed by atoms with E-state index in [-0.39, 0.29) is 5.69 Å². The number of carbonyl (C=O) groups is 1. The zero-order valence-electron chi connectivity index (χ0n) is 8.90. The molecule has 2 atom stereocenters. The molecule has 1 saturated heterocycles. The van der Waals surface area contributed by atoms with Gasteiger partial charge in [-0.2, -0.15) is 8.78 Å².